The highest BCUT2D eigenvalue weighted by Crippen LogP contribution is 2.20. The monoisotopic (exact) mass is 183 g/mol. The summed E-state index contributed by atoms with van der Waals surface area (Å²) in [5.41, 5.74) is 4.57. The van der Waals surface area contributed by atoms with Gasteiger partial charge in [-0.05, 0) is 12.8 Å². The fourth-order valence-corrected chi connectivity index (χ4v) is 1.71. The third kappa shape index (κ3) is 2.41. The summed E-state index contributed by atoms with van der Waals surface area (Å²) in [6, 6.07) is 0.218. The van der Waals surface area contributed by atoms with Crippen LogP contribution >= 0.6 is 11.3 Å². The Kier molecular flexibility index (Phi) is 3.93. The van der Waals surface area contributed by atoms with Crippen molar-refractivity contribution in [1.82, 2.24) is 10.4 Å². The van der Waals surface area contributed by atoms with Crippen LogP contribution in [-0.2, 0) is 0 Å². The van der Waals surface area contributed by atoms with Crippen LogP contribution in [0.2, 0.25) is 0 Å². The van der Waals surface area contributed by atoms with Gasteiger partial charge in [0, 0.05) is 11.1 Å². The van der Waals surface area contributed by atoms with Gasteiger partial charge in [0.1, 0.15) is 0 Å². The second kappa shape index (κ2) is 5.03. The van der Waals surface area contributed by atoms with Crippen LogP contribution in [0.1, 0.15) is 23.8 Å². The molecule has 1 heterocycles. The molecule has 0 aliphatic heterocycles. The molecule has 0 saturated carbocycles. The molecule has 1 atom stereocenters. The summed E-state index contributed by atoms with van der Waals surface area (Å²) in [4.78, 5) is 5.18. The normalized spacial score (nSPS) is 12.8. The molecule has 0 aliphatic carbocycles. The van der Waals surface area contributed by atoms with Crippen LogP contribution in [0.15, 0.2) is 24.4 Å². The first kappa shape index (κ1) is 9.38. The average molecular weight is 183 g/mol. The first-order valence-corrected chi connectivity index (χ1v) is 4.72. The second-order valence-electron chi connectivity index (χ2n) is 2.49. The van der Waals surface area contributed by atoms with Gasteiger partial charge in [-0.1, -0.05) is 6.08 Å². The summed E-state index contributed by atoms with van der Waals surface area (Å²) in [6.07, 6.45) is 5.68. The number of rotatable bonds is 5. The van der Waals surface area contributed by atoms with E-state index in [2.05, 4.69) is 17.0 Å². The molecule has 0 bridgehead atoms. The third-order valence-electron chi connectivity index (χ3n) is 1.66. The van der Waals surface area contributed by atoms with Gasteiger partial charge >= 0.3 is 0 Å². The molecule has 1 unspecified atom stereocenters. The molecule has 12 heavy (non-hydrogen) atoms. The summed E-state index contributed by atoms with van der Waals surface area (Å²) < 4.78 is 0. The molecule has 0 fully saturated rings. The van der Waals surface area contributed by atoms with Crippen LogP contribution in [0.4, 0.5) is 0 Å². The Morgan fingerprint density at radius 2 is 2.67 bits per heavy atom. The maximum Gasteiger partial charge on any atom is 0.0794 e. The smallest absolute Gasteiger partial charge is 0.0794 e. The van der Waals surface area contributed by atoms with E-state index < -0.39 is 0 Å². The lowest BCUT2D eigenvalue weighted by Gasteiger charge is -2.11. The number of thiazole rings is 1. The van der Waals surface area contributed by atoms with Crippen LogP contribution in [0, 0.1) is 0 Å². The number of nitrogens with zero attached hydrogens (tertiary/aromatic N) is 1. The number of aromatic nitrogens is 1. The topological polar surface area (TPSA) is 50.9 Å². The first-order valence-electron chi connectivity index (χ1n) is 3.84. The van der Waals surface area contributed by atoms with E-state index >= 15 is 0 Å². The standard InChI is InChI=1S/C8H13N3S/c1-2-3-4-7(11-9)8-5-10-6-12-8/h2,5-7,11H,1,3-4,9H2. The molecular formula is C8H13N3S. The van der Waals surface area contributed by atoms with Crippen molar-refractivity contribution in [3.05, 3.63) is 29.2 Å². The number of allylic oxidation sites excluding steroid dienone is 1. The highest BCUT2D eigenvalue weighted by atomic mass is 32.1. The minimum Gasteiger partial charge on any atom is -0.271 e. The van der Waals surface area contributed by atoms with Crippen LogP contribution in [0.3, 0.4) is 0 Å². The summed E-state index contributed by atoms with van der Waals surface area (Å²) in [7, 11) is 0. The predicted octanol–water partition coefficient (Wildman–Crippen LogP) is 1.61. The van der Waals surface area contributed by atoms with Gasteiger partial charge in [-0.3, -0.25) is 16.3 Å². The number of nitrogens with two attached hydrogens (primary N) is 1. The fraction of sp³-hybridized carbons (Fsp3) is 0.375. The lowest BCUT2D eigenvalue weighted by Crippen LogP contribution is -2.27. The fourth-order valence-electron chi connectivity index (χ4n) is 0.990. The largest absolute Gasteiger partial charge is 0.271 e. The highest BCUT2D eigenvalue weighted by Gasteiger charge is 2.09. The van der Waals surface area contributed by atoms with Crippen molar-refractivity contribution in [3.8, 4) is 0 Å². The van der Waals surface area contributed by atoms with Crippen LogP contribution < -0.4 is 11.3 Å². The zero-order chi connectivity index (χ0) is 8.81. The first-order chi connectivity index (χ1) is 5.88. The molecule has 1 aromatic heterocycles. The molecule has 3 N–H and O–H groups in total. The van der Waals surface area contributed by atoms with Gasteiger partial charge in [0.2, 0.25) is 0 Å². The summed E-state index contributed by atoms with van der Waals surface area (Å²) in [6.45, 7) is 3.67. The van der Waals surface area contributed by atoms with E-state index in [-0.39, 0.29) is 6.04 Å². The second-order valence-corrected chi connectivity index (χ2v) is 3.41. The molecule has 1 rings (SSSR count). The molecule has 4 heteroatoms. The quantitative estimate of drug-likeness (QED) is 0.414. The molecule has 0 spiro atoms. The van der Waals surface area contributed by atoms with Gasteiger partial charge < -0.3 is 0 Å². The van der Waals surface area contributed by atoms with E-state index in [1.165, 1.54) is 4.88 Å². The number of nitrogens with one attached hydrogen (secondary N) is 1. The SMILES string of the molecule is C=CCCC(NN)c1cncs1. The van der Waals surface area contributed by atoms with E-state index in [0.717, 1.165) is 12.8 Å². The molecule has 0 saturated heterocycles. The highest BCUT2D eigenvalue weighted by molar-refractivity contribution is 7.09. The minimum absolute atomic E-state index is 0.218. The van der Waals surface area contributed by atoms with E-state index in [0.29, 0.717) is 0 Å². The van der Waals surface area contributed by atoms with Gasteiger partial charge in [0.25, 0.3) is 0 Å². The third-order valence-corrected chi connectivity index (χ3v) is 2.54. The predicted molar refractivity (Wildman–Crippen MR) is 51.6 cm³/mol. The molecule has 0 radical (unpaired) electrons. The van der Waals surface area contributed by atoms with Gasteiger partial charge in [-0.15, -0.1) is 17.9 Å². The van der Waals surface area contributed by atoms with Crippen LogP contribution in [-0.4, -0.2) is 4.98 Å². The molecule has 0 aromatic carbocycles. The maximum absolute atomic E-state index is 5.40. The lowest BCUT2D eigenvalue weighted by molar-refractivity contribution is 0.528. The van der Waals surface area contributed by atoms with Crippen molar-refractivity contribution in [1.29, 1.82) is 0 Å². The Hall–Kier alpha value is -0.710. The molecule has 0 amide bonds. The van der Waals surface area contributed by atoms with E-state index in [1.807, 2.05) is 17.8 Å². The Balaban J connectivity index is 2.51. The van der Waals surface area contributed by atoms with Gasteiger partial charge in [-0.25, -0.2) is 0 Å². The zero-order valence-corrected chi connectivity index (χ0v) is 7.68. The Morgan fingerprint density at radius 3 is 3.17 bits per heavy atom. The Bertz CT molecular complexity index is 220. The van der Waals surface area contributed by atoms with E-state index in [1.54, 1.807) is 11.3 Å². The molecule has 0 aliphatic rings. The Labute approximate surface area is 76.3 Å². The van der Waals surface area contributed by atoms with Crippen molar-refractivity contribution in [2.75, 3.05) is 0 Å². The Morgan fingerprint density at radius 1 is 1.83 bits per heavy atom. The van der Waals surface area contributed by atoms with Gasteiger partial charge in [0.05, 0.1) is 11.6 Å². The van der Waals surface area contributed by atoms with Crippen LogP contribution in [0.25, 0.3) is 0 Å². The van der Waals surface area contributed by atoms with Crippen molar-refractivity contribution in [3.63, 3.8) is 0 Å². The summed E-state index contributed by atoms with van der Waals surface area (Å²) in [5, 5.41) is 0. The van der Waals surface area contributed by atoms with Crippen molar-refractivity contribution in [2.24, 2.45) is 5.84 Å². The van der Waals surface area contributed by atoms with Crippen molar-refractivity contribution < 1.29 is 0 Å². The molecule has 66 valence electrons. The average Bonchev–Trinajstić information content (AvgIpc) is 2.59. The molecule has 1 aromatic rings. The molecular weight excluding hydrogens is 170 g/mol. The number of hydrogen-bond donors (Lipinski definition) is 2. The molecule has 3 nitrogen and oxygen atoms in total. The summed E-state index contributed by atoms with van der Waals surface area (Å²) >= 11 is 1.62. The lowest BCUT2D eigenvalue weighted by atomic mass is 10.1. The van der Waals surface area contributed by atoms with Crippen molar-refractivity contribution >= 4 is 11.3 Å². The number of hydrogen-bond acceptors (Lipinski definition) is 4. The summed E-state index contributed by atoms with van der Waals surface area (Å²) in [5.74, 6) is 5.40. The number of hydrazine groups is 1. The van der Waals surface area contributed by atoms with Gasteiger partial charge in [-0.2, -0.15) is 0 Å². The van der Waals surface area contributed by atoms with Crippen LogP contribution in [0.5, 0.6) is 0 Å². The minimum atomic E-state index is 0.218. The van der Waals surface area contributed by atoms with Gasteiger partial charge in [0.15, 0.2) is 0 Å². The van der Waals surface area contributed by atoms with E-state index in [4.69, 9.17) is 5.84 Å². The van der Waals surface area contributed by atoms with E-state index in [9.17, 15) is 0 Å². The maximum atomic E-state index is 5.40. The zero-order valence-electron chi connectivity index (χ0n) is 6.86. The van der Waals surface area contributed by atoms with Crippen molar-refractivity contribution in [2.45, 2.75) is 18.9 Å².